The maximum absolute atomic E-state index is 3.56. The molecule has 0 aliphatic carbocycles. The predicted molar refractivity (Wildman–Crippen MR) is 63.5 cm³/mol. The van der Waals surface area contributed by atoms with Crippen molar-refractivity contribution in [3.63, 3.8) is 0 Å². The standard InChI is InChI=1S/C13H27N/c1-4-5-6-7-8-13-9-12(3)14-10-11(13)2/h11-14H,4-10H2,1-3H3. The van der Waals surface area contributed by atoms with Gasteiger partial charge in [0.25, 0.3) is 0 Å². The van der Waals surface area contributed by atoms with Crippen molar-refractivity contribution < 1.29 is 0 Å². The van der Waals surface area contributed by atoms with E-state index in [2.05, 4.69) is 26.1 Å². The summed E-state index contributed by atoms with van der Waals surface area (Å²) in [5, 5.41) is 3.56. The Bertz CT molecular complexity index is 144. The average molecular weight is 197 g/mol. The van der Waals surface area contributed by atoms with Crippen LogP contribution in [0.1, 0.15) is 59.3 Å². The Balaban J connectivity index is 2.14. The number of hydrogen-bond donors (Lipinski definition) is 1. The normalized spacial score (nSPS) is 33.2. The maximum atomic E-state index is 3.56. The molecular formula is C13H27N. The van der Waals surface area contributed by atoms with Crippen LogP contribution in [0.15, 0.2) is 0 Å². The molecule has 14 heavy (non-hydrogen) atoms. The van der Waals surface area contributed by atoms with Crippen LogP contribution in [0, 0.1) is 11.8 Å². The van der Waals surface area contributed by atoms with E-state index in [1.807, 2.05) is 0 Å². The summed E-state index contributed by atoms with van der Waals surface area (Å²) in [6.07, 6.45) is 8.55. The van der Waals surface area contributed by atoms with Crippen LogP contribution in [0.4, 0.5) is 0 Å². The van der Waals surface area contributed by atoms with E-state index in [4.69, 9.17) is 0 Å². The molecule has 3 unspecified atom stereocenters. The molecular weight excluding hydrogens is 170 g/mol. The lowest BCUT2D eigenvalue weighted by Crippen LogP contribution is -2.41. The van der Waals surface area contributed by atoms with E-state index < -0.39 is 0 Å². The van der Waals surface area contributed by atoms with Crippen LogP contribution in [0.5, 0.6) is 0 Å². The van der Waals surface area contributed by atoms with Crippen molar-refractivity contribution in [3.05, 3.63) is 0 Å². The second kappa shape index (κ2) is 6.44. The Morgan fingerprint density at radius 1 is 1.14 bits per heavy atom. The summed E-state index contributed by atoms with van der Waals surface area (Å²) >= 11 is 0. The Labute approximate surface area is 89.7 Å². The summed E-state index contributed by atoms with van der Waals surface area (Å²) < 4.78 is 0. The minimum atomic E-state index is 0.752. The van der Waals surface area contributed by atoms with Crippen LogP contribution in [-0.2, 0) is 0 Å². The second-order valence-electron chi connectivity index (χ2n) is 5.13. The molecule has 0 spiro atoms. The first kappa shape index (κ1) is 12.0. The minimum absolute atomic E-state index is 0.752. The SMILES string of the molecule is CCCCCCC1CC(C)NCC1C. The average Bonchev–Trinajstić information content (AvgIpc) is 2.18. The highest BCUT2D eigenvalue weighted by atomic mass is 14.9. The first-order valence-corrected chi connectivity index (χ1v) is 6.47. The molecule has 1 saturated heterocycles. The zero-order valence-electron chi connectivity index (χ0n) is 10.2. The van der Waals surface area contributed by atoms with Crippen LogP contribution in [0.25, 0.3) is 0 Å². The van der Waals surface area contributed by atoms with Crippen molar-refractivity contribution in [3.8, 4) is 0 Å². The van der Waals surface area contributed by atoms with Crippen LogP contribution >= 0.6 is 0 Å². The highest BCUT2D eigenvalue weighted by Crippen LogP contribution is 2.27. The lowest BCUT2D eigenvalue weighted by Gasteiger charge is -2.33. The monoisotopic (exact) mass is 197 g/mol. The number of hydrogen-bond acceptors (Lipinski definition) is 1. The summed E-state index contributed by atoms with van der Waals surface area (Å²) in [7, 11) is 0. The van der Waals surface area contributed by atoms with E-state index in [-0.39, 0.29) is 0 Å². The fourth-order valence-corrected chi connectivity index (χ4v) is 2.56. The van der Waals surface area contributed by atoms with Crippen LogP contribution in [0.2, 0.25) is 0 Å². The van der Waals surface area contributed by atoms with Gasteiger partial charge < -0.3 is 5.32 Å². The summed E-state index contributed by atoms with van der Waals surface area (Å²) in [5.41, 5.74) is 0. The van der Waals surface area contributed by atoms with Gasteiger partial charge in [0.15, 0.2) is 0 Å². The van der Waals surface area contributed by atoms with E-state index in [1.54, 1.807) is 0 Å². The Morgan fingerprint density at radius 2 is 1.93 bits per heavy atom. The molecule has 3 atom stereocenters. The molecule has 1 rings (SSSR count). The van der Waals surface area contributed by atoms with Gasteiger partial charge in [0.2, 0.25) is 0 Å². The minimum Gasteiger partial charge on any atom is -0.314 e. The zero-order chi connectivity index (χ0) is 10.4. The largest absolute Gasteiger partial charge is 0.314 e. The fourth-order valence-electron chi connectivity index (χ4n) is 2.56. The number of rotatable bonds is 5. The van der Waals surface area contributed by atoms with E-state index in [1.165, 1.54) is 45.1 Å². The van der Waals surface area contributed by atoms with Crippen molar-refractivity contribution in [2.24, 2.45) is 11.8 Å². The molecule has 0 amide bonds. The van der Waals surface area contributed by atoms with Crippen molar-refractivity contribution in [1.29, 1.82) is 0 Å². The molecule has 1 fully saturated rings. The van der Waals surface area contributed by atoms with Gasteiger partial charge in [0.05, 0.1) is 0 Å². The van der Waals surface area contributed by atoms with Gasteiger partial charge >= 0.3 is 0 Å². The van der Waals surface area contributed by atoms with E-state index in [9.17, 15) is 0 Å². The molecule has 0 radical (unpaired) electrons. The molecule has 84 valence electrons. The molecule has 1 heterocycles. The zero-order valence-corrected chi connectivity index (χ0v) is 10.2. The van der Waals surface area contributed by atoms with Gasteiger partial charge in [0, 0.05) is 6.04 Å². The van der Waals surface area contributed by atoms with Gasteiger partial charge in [0.1, 0.15) is 0 Å². The summed E-state index contributed by atoms with van der Waals surface area (Å²) in [5.74, 6) is 1.89. The molecule has 0 aromatic carbocycles. The molecule has 0 aromatic heterocycles. The van der Waals surface area contributed by atoms with Gasteiger partial charge in [-0.15, -0.1) is 0 Å². The molecule has 1 aliphatic heterocycles. The predicted octanol–water partition coefficient (Wildman–Crippen LogP) is 3.59. The van der Waals surface area contributed by atoms with E-state index in [0.717, 1.165) is 17.9 Å². The first-order chi connectivity index (χ1) is 6.74. The van der Waals surface area contributed by atoms with Crippen LogP contribution in [-0.4, -0.2) is 12.6 Å². The number of nitrogens with one attached hydrogen (secondary N) is 1. The third kappa shape index (κ3) is 4.00. The van der Waals surface area contributed by atoms with Crippen LogP contribution in [0.3, 0.4) is 0 Å². The Hall–Kier alpha value is -0.0400. The molecule has 1 nitrogen and oxygen atoms in total. The molecule has 0 saturated carbocycles. The second-order valence-corrected chi connectivity index (χ2v) is 5.13. The Kier molecular flexibility index (Phi) is 5.54. The Morgan fingerprint density at radius 3 is 2.64 bits per heavy atom. The summed E-state index contributed by atoms with van der Waals surface area (Å²) in [6, 6.07) is 0.752. The molecule has 1 N–H and O–H groups in total. The van der Waals surface area contributed by atoms with Gasteiger partial charge in [-0.2, -0.15) is 0 Å². The maximum Gasteiger partial charge on any atom is 0.00415 e. The van der Waals surface area contributed by atoms with Gasteiger partial charge in [-0.3, -0.25) is 0 Å². The van der Waals surface area contributed by atoms with E-state index >= 15 is 0 Å². The smallest absolute Gasteiger partial charge is 0.00415 e. The molecule has 0 aromatic rings. The van der Waals surface area contributed by atoms with Gasteiger partial charge in [-0.25, -0.2) is 0 Å². The fraction of sp³-hybridized carbons (Fsp3) is 1.00. The first-order valence-electron chi connectivity index (χ1n) is 6.47. The van der Waals surface area contributed by atoms with Gasteiger partial charge in [-0.05, 0) is 31.7 Å². The van der Waals surface area contributed by atoms with Crippen molar-refractivity contribution >= 4 is 0 Å². The van der Waals surface area contributed by atoms with Gasteiger partial charge in [-0.1, -0.05) is 46.0 Å². The van der Waals surface area contributed by atoms with Crippen molar-refractivity contribution in [2.45, 2.75) is 65.3 Å². The number of unbranched alkanes of at least 4 members (excludes halogenated alkanes) is 3. The van der Waals surface area contributed by atoms with E-state index in [0.29, 0.717) is 0 Å². The number of piperidine rings is 1. The lowest BCUT2D eigenvalue weighted by molar-refractivity contribution is 0.216. The lowest BCUT2D eigenvalue weighted by atomic mass is 9.81. The van der Waals surface area contributed by atoms with Crippen LogP contribution < -0.4 is 5.32 Å². The van der Waals surface area contributed by atoms with Crippen molar-refractivity contribution in [2.75, 3.05) is 6.54 Å². The molecule has 1 heteroatoms. The molecule has 1 aliphatic rings. The highest BCUT2D eigenvalue weighted by Gasteiger charge is 2.24. The summed E-state index contributed by atoms with van der Waals surface area (Å²) in [6.45, 7) is 8.25. The quantitative estimate of drug-likeness (QED) is 0.664. The highest BCUT2D eigenvalue weighted by molar-refractivity contribution is 4.79. The third-order valence-electron chi connectivity index (χ3n) is 3.68. The topological polar surface area (TPSA) is 12.0 Å². The van der Waals surface area contributed by atoms with Crippen molar-refractivity contribution in [1.82, 2.24) is 5.32 Å². The molecule has 0 bridgehead atoms. The third-order valence-corrected chi connectivity index (χ3v) is 3.68. The summed E-state index contributed by atoms with van der Waals surface area (Å²) in [4.78, 5) is 0.